The summed E-state index contributed by atoms with van der Waals surface area (Å²) in [5, 5.41) is 4.48. The fourth-order valence-corrected chi connectivity index (χ4v) is 3.29. The van der Waals surface area contributed by atoms with E-state index in [0.717, 1.165) is 29.1 Å². The minimum atomic E-state index is 0.0784. The van der Waals surface area contributed by atoms with E-state index >= 15 is 0 Å². The van der Waals surface area contributed by atoms with Crippen LogP contribution in [0.4, 0.5) is 0 Å². The van der Waals surface area contributed by atoms with Crippen LogP contribution in [0.15, 0.2) is 30.3 Å². The number of rotatable bonds is 3. The van der Waals surface area contributed by atoms with E-state index in [1.54, 1.807) is 0 Å². The van der Waals surface area contributed by atoms with Crippen molar-refractivity contribution in [2.24, 2.45) is 0 Å². The van der Waals surface area contributed by atoms with E-state index < -0.39 is 0 Å². The largest absolute Gasteiger partial charge is 0.372 e. The normalized spacial score (nSPS) is 21.1. The van der Waals surface area contributed by atoms with Crippen LogP contribution in [-0.4, -0.2) is 45.9 Å². The first-order chi connectivity index (χ1) is 11.4. The van der Waals surface area contributed by atoms with Gasteiger partial charge in [-0.25, -0.2) is 0 Å². The van der Waals surface area contributed by atoms with Crippen LogP contribution in [0.1, 0.15) is 41.2 Å². The lowest BCUT2D eigenvalue weighted by atomic mass is 10.1. The Morgan fingerprint density at radius 3 is 2.33 bits per heavy atom. The number of aryl methyl sites for hydroxylation is 2. The number of hydrogen-bond acceptors (Lipinski definition) is 3. The van der Waals surface area contributed by atoms with Crippen LogP contribution in [0.2, 0.25) is 0 Å². The molecule has 1 saturated heterocycles. The van der Waals surface area contributed by atoms with E-state index in [9.17, 15) is 4.79 Å². The molecule has 0 saturated carbocycles. The quantitative estimate of drug-likeness (QED) is 0.871. The Labute approximate surface area is 143 Å². The SMILES string of the molecule is Cc1cc(C)n(Cc2ccc(C(=O)N3C[C@@H](C)O[C@H](C)C3)cc2)n1. The van der Waals surface area contributed by atoms with E-state index in [1.165, 1.54) is 0 Å². The van der Waals surface area contributed by atoms with Gasteiger partial charge in [0.05, 0.1) is 24.4 Å². The molecule has 0 unspecified atom stereocenters. The average molecular weight is 327 g/mol. The first-order valence-electron chi connectivity index (χ1n) is 8.47. The molecular weight excluding hydrogens is 302 g/mol. The lowest BCUT2D eigenvalue weighted by Gasteiger charge is -2.35. The highest BCUT2D eigenvalue weighted by Gasteiger charge is 2.26. The van der Waals surface area contributed by atoms with Crippen molar-refractivity contribution in [3.8, 4) is 0 Å². The minimum Gasteiger partial charge on any atom is -0.372 e. The molecule has 0 spiro atoms. The van der Waals surface area contributed by atoms with Crippen molar-refractivity contribution >= 4 is 5.91 Å². The second-order valence-electron chi connectivity index (χ2n) is 6.75. The minimum absolute atomic E-state index is 0.0784. The lowest BCUT2D eigenvalue weighted by Crippen LogP contribution is -2.48. The molecule has 2 atom stereocenters. The zero-order valence-electron chi connectivity index (χ0n) is 14.8. The van der Waals surface area contributed by atoms with E-state index in [4.69, 9.17) is 4.74 Å². The number of benzene rings is 1. The summed E-state index contributed by atoms with van der Waals surface area (Å²) in [6.07, 6.45) is 0.172. The van der Waals surface area contributed by atoms with E-state index in [0.29, 0.717) is 13.1 Å². The maximum atomic E-state index is 12.7. The van der Waals surface area contributed by atoms with Crippen LogP contribution in [0.3, 0.4) is 0 Å². The van der Waals surface area contributed by atoms with Gasteiger partial charge in [-0.2, -0.15) is 5.10 Å². The molecule has 3 rings (SSSR count). The number of nitrogens with zero attached hydrogens (tertiary/aromatic N) is 3. The van der Waals surface area contributed by atoms with Crippen molar-refractivity contribution in [3.05, 3.63) is 52.8 Å². The van der Waals surface area contributed by atoms with Gasteiger partial charge in [0.1, 0.15) is 0 Å². The number of carbonyl (C=O) groups excluding carboxylic acids is 1. The Hall–Kier alpha value is -2.14. The van der Waals surface area contributed by atoms with Gasteiger partial charge in [0.25, 0.3) is 5.91 Å². The van der Waals surface area contributed by atoms with Gasteiger partial charge in [-0.1, -0.05) is 12.1 Å². The van der Waals surface area contributed by atoms with Crippen LogP contribution in [0.25, 0.3) is 0 Å². The summed E-state index contributed by atoms with van der Waals surface area (Å²) in [5.41, 5.74) is 4.04. The summed E-state index contributed by atoms with van der Waals surface area (Å²) in [6.45, 7) is 10.1. The lowest BCUT2D eigenvalue weighted by molar-refractivity contribution is -0.0586. The van der Waals surface area contributed by atoms with Crippen LogP contribution in [0, 0.1) is 13.8 Å². The van der Waals surface area contributed by atoms with Crippen molar-refractivity contribution in [1.82, 2.24) is 14.7 Å². The maximum absolute atomic E-state index is 12.7. The van der Waals surface area contributed by atoms with Gasteiger partial charge in [-0.05, 0) is 51.5 Å². The van der Waals surface area contributed by atoms with E-state index in [-0.39, 0.29) is 18.1 Å². The number of aromatic nitrogens is 2. The smallest absolute Gasteiger partial charge is 0.254 e. The highest BCUT2D eigenvalue weighted by atomic mass is 16.5. The van der Waals surface area contributed by atoms with Gasteiger partial charge in [0.15, 0.2) is 0 Å². The maximum Gasteiger partial charge on any atom is 0.254 e. The second kappa shape index (κ2) is 6.77. The first kappa shape index (κ1) is 16.7. The van der Waals surface area contributed by atoms with E-state index in [2.05, 4.69) is 18.1 Å². The Morgan fingerprint density at radius 1 is 1.17 bits per heavy atom. The molecule has 0 bridgehead atoms. The molecule has 1 aromatic carbocycles. The Bertz CT molecular complexity index is 711. The van der Waals surface area contributed by atoms with Crippen molar-refractivity contribution in [1.29, 1.82) is 0 Å². The standard InChI is InChI=1S/C19H25N3O2/c1-13-9-14(2)22(20-13)12-17-5-7-18(8-6-17)19(23)21-10-15(3)24-16(4)11-21/h5-9,15-16H,10-12H2,1-4H3/t15-,16-/m1/s1. The van der Waals surface area contributed by atoms with Crippen LogP contribution >= 0.6 is 0 Å². The fourth-order valence-electron chi connectivity index (χ4n) is 3.29. The molecule has 128 valence electrons. The Balaban J connectivity index is 1.70. The van der Waals surface area contributed by atoms with Crippen molar-refractivity contribution in [2.75, 3.05) is 13.1 Å². The molecule has 1 amide bonds. The number of ether oxygens (including phenoxy) is 1. The van der Waals surface area contributed by atoms with Gasteiger partial charge in [-0.15, -0.1) is 0 Å². The second-order valence-corrected chi connectivity index (χ2v) is 6.75. The Morgan fingerprint density at radius 2 is 1.79 bits per heavy atom. The summed E-state index contributed by atoms with van der Waals surface area (Å²) >= 11 is 0. The van der Waals surface area contributed by atoms with E-state index in [1.807, 2.05) is 54.6 Å². The monoisotopic (exact) mass is 327 g/mol. The van der Waals surface area contributed by atoms with Crippen LogP contribution in [0.5, 0.6) is 0 Å². The highest BCUT2D eigenvalue weighted by molar-refractivity contribution is 5.94. The molecule has 1 aromatic heterocycles. The van der Waals surface area contributed by atoms with Crippen LogP contribution in [-0.2, 0) is 11.3 Å². The van der Waals surface area contributed by atoms with Gasteiger partial charge in [0, 0.05) is 24.3 Å². The zero-order valence-corrected chi connectivity index (χ0v) is 14.8. The predicted molar refractivity (Wildman–Crippen MR) is 93.2 cm³/mol. The first-order valence-corrected chi connectivity index (χ1v) is 8.47. The molecule has 2 aromatic rings. The summed E-state index contributed by atoms with van der Waals surface area (Å²) in [4.78, 5) is 14.6. The molecule has 0 radical (unpaired) electrons. The molecule has 5 nitrogen and oxygen atoms in total. The molecule has 0 N–H and O–H groups in total. The molecule has 1 aliphatic heterocycles. The van der Waals surface area contributed by atoms with Gasteiger partial charge >= 0.3 is 0 Å². The third-order valence-electron chi connectivity index (χ3n) is 4.34. The van der Waals surface area contributed by atoms with Crippen molar-refractivity contribution < 1.29 is 9.53 Å². The molecule has 1 fully saturated rings. The summed E-state index contributed by atoms with van der Waals surface area (Å²) in [7, 11) is 0. The molecule has 24 heavy (non-hydrogen) atoms. The van der Waals surface area contributed by atoms with Crippen LogP contribution < -0.4 is 0 Å². The molecule has 5 heteroatoms. The molecule has 0 aliphatic carbocycles. The van der Waals surface area contributed by atoms with Gasteiger partial charge in [0.2, 0.25) is 0 Å². The summed E-state index contributed by atoms with van der Waals surface area (Å²) < 4.78 is 7.68. The molecule has 1 aliphatic rings. The molecule has 2 heterocycles. The number of amides is 1. The topological polar surface area (TPSA) is 47.4 Å². The molecular formula is C19H25N3O2. The number of carbonyl (C=O) groups is 1. The fraction of sp³-hybridized carbons (Fsp3) is 0.474. The highest BCUT2D eigenvalue weighted by Crippen LogP contribution is 2.15. The third kappa shape index (κ3) is 3.67. The zero-order chi connectivity index (χ0) is 17.3. The van der Waals surface area contributed by atoms with Gasteiger partial charge < -0.3 is 9.64 Å². The predicted octanol–water partition coefficient (Wildman–Crippen LogP) is 2.80. The van der Waals surface area contributed by atoms with Crippen molar-refractivity contribution in [2.45, 2.75) is 46.4 Å². The van der Waals surface area contributed by atoms with Gasteiger partial charge in [-0.3, -0.25) is 9.48 Å². The summed E-state index contributed by atoms with van der Waals surface area (Å²) in [6, 6.07) is 9.91. The Kier molecular flexibility index (Phi) is 4.71. The summed E-state index contributed by atoms with van der Waals surface area (Å²) in [5.74, 6) is 0.0784. The average Bonchev–Trinajstić information content (AvgIpc) is 2.84. The number of morpholine rings is 1. The number of hydrogen-bond donors (Lipinski definition) is 0. The van der Waals surface area contributed by atoms with Crippen molar-refractivity contribution in [3.63, 3.8) is 0 Å². The third-order valence-corrected chi connectivity index (χ3v) is 4.34.